The lowest BCUT2D eigenvalue weighted by molar-refractivity contribution is -0.151. The summed E-state index contributed by atoms with van der Waals surface area (Å²) >= 11 is 3.40. The highest BCUT2D eigenvalue weighted by Gasteiger charge is 2.39. The van der Waals surface area contributed by atoms with Crippen molar-refractivity contribution in [3.63, 3.8) is 0 Å². The zero-order valence-corrected chi connectivity index (χ0v) is 15.5. The van der Waals surface area contributed by atoms with Crippen LogP contribution in [-0.4, -0.2) is 31.7 Å². The molecule has 1 heterocycles. The molecule has 21 heavy (non-hydrogen) atoms. The third kappa shape index (κ3) is 3.19. The predicted molar refractivity (Wildman–Crippen MR) is 85.4 cm³/mol. The number of rotatable bonds is 5. The van der Waals surface area contributed by atoms with Gasteiger partial charge in [-0.1, -0.05) is 34.9 Å². The van der Waals surface area contributed by atoms with Crippen LogP contribution in [0.2, 0.25) is 0 Å². The van der Waals surface area contributed by atoms with Crippen molar-refractivity contribution in [2.75, 3.05) is 0 Å². The van der Waals surface area contributed by atoms with E-state index in [0.29, 0.717) is 27.2 Å². The van der Waals surface area contributed by atoms with Gasteiger partial charge >= 0.3 is 5.97 Å². The van der Waals surface area contributed by atoms with Crippen molar-refractivity contribution in [2.45, 2.75) is 19.1 Å². The highest BCUT2D eigenvalue weighted by molar-refractivity contribution is 9.10. The van der Waals surface area contributed by atoms with Gasteiger partial charge in [-0.15, -0.1) is 0 Å². The smallest absolute Gasteiger partial charge is 0.343 e. The van der Waals surface area contributed by atoms with Gasteiger partial charge in [-0.05, 0) is 24.1 Å². The Kier molecular flexibility index (Phi) is 4.53. The van der Waals surface area contributed by atoms with Gasteiger partial charge in [0.15, 0.2) is 5.22 Å². The minimum atomic E-state index is -1.19. The molecule has 1 N–H and O–H groups in total. The van der Waals surface area contributed by atoms with Crippen molar-refractivity contribution in [2.24, 2.45) is 5.92 Å². The van der Waals surface area contributed by atoms with Crippen molar-refractivity contribution in [1.82, 2.24) is 5.16 Å². The topological polar surface area (TPSA) is 72.6 Å². The fourth-order valence-corrected chi connectivity index (χ4v) is 2.36. The Hall–Kier alpha value is -1.60. The molecule has 7 heteroatoms. The molecule has 0 bridgehead atoms. The summed E-state index contributed by atoms with van der Waals surface area (Å²) in [7, 11) is 0.360. The highest BCUT2D eigenvalue weighted by Crippen LogP contribution is 2.35. The second kappa shape index (κ2) is 6.03. The maximum atomic E-state index is 11.6. The number of hydrogen-bond acceptors (Lipinski definition) is 4. The van der Waals surface area contributed by atoms with Crippen LogP contribution in [0.3, 0.4) is 0 Å². The lowest BCUT2D eigenvalue weighted by Crippen LogP contribution is -2.50. The molecule has 0 spiro atoms. The molecular formula is C14H16BrNO4Si. The third-order valence-corrected chi connectivity index (χ3v) is 5.78. The molecule has 0 aliphatic rings. The number of carboxylic acids is 1. The van der Waals surface area contributed by atoms with Crippen LogP contribution in [-0.2, 0) is 4.79 Å². The number of ether oxygens (including phenoxy) is 1. The molecule has 112 valence electrons. The van der Waals surface area contributed by atoms with Crippen LogP contribution in [0.1, 0.15) is 13.8 Å². The molecule has 1 atom stereocenters. The number of aromatic nitrogens is 1. The van der Waals surface area contributed by atoms with E-state index in [0.717, 1.165) is 4.47 Å². The van der Waals surface area contributed by atoms with Gasteiger partial charge in [0.1, 0.15) is 17.7 Å². The number of hydrogen-bond donors (Lipinski definition) is 1. The summed E-state index contributed by atoms with van der Waals surface area (Å²) in [6.07, 6.45) is 1.47. The van der Waals surface area contributed by atoms with Crippen molar-refractivity contribution >= 4 is 32.1 Å². The van der Waals surface area contributed by atoms with Crippen LogP contribution >= 0.6 is 15.9 Å². The number of halogens is 1. The summed E-state index contributed by atoms with van der Waals surface area (Å²) in [5.41, 5.74) is 1.30. The standard InChI is InChI=1S/C14H16BrNO4Si/c1-8(2)14(21,13(17)18)20-12-4-3-9(15)7-10(12)11-5-6-19-16-11/h3-8H,1-2,21H3,(H,17,18). The first kappa shape index (κ1) is 15.8. The Balaban J connectivity index is 2.47. The zero-order valence-electron chi connectivity index (χ0n) is 12.0. The molecule has 1 aromatic carbocycles. The molecular weight excluding hydrogens is 354 g/mol. The Morgan fingerprint density at radius 3 is 2.71 bits per heavy atom. The Morgan fingerprint density at radius 2 is 2.19 bits per heavy atom. The average Bonchev–Trinajstić information content (AvgIpc) is 2.94. The van der Waals surface area contributed by atoms with E-state index in [-0.39, 0.29) is 5.92 Å². The van der Waals surface area contributed by atoms with E-state index < -0.39 is 11.2 Å². The molecule has 0 aliphatic heterocycles. The van der Waals surface area contributed by atoms with Crippen LogP contribution < -0.4 is 4.74 Å². The van der Waals surface area contributed by atoms with Crippen LogP contribution in [0.15, 0.2) is 39.5 Å². The van der Waals surface area contributed by atoms with Crippen LogP contribution in [0, 0.1) is 5.92 Å². The van der Waals surface area contributed by atoms with E-state index in [2.05, 4.69) is 21.1 Å². The van der Waals surface area contributed by atoms with Crippen molar-refractivity contribution < 1.29 is 19.2 Å². The summed E-state index contributed by atoms with van der Waals surface area (Å²) in [5.74, 6) is -0.605. The Morgan fingerprint density at radius 1 is 1.48 bits per heavy atom. The van der Waals surface area contributed by atoms with Crippen LogP contribution in [0.4, 0.5) is 0 Å². The molecule has 0 saturated carbocycles. The van der Waals surface area contributed by atoms with Crippen molar-refractivity contribution in [3.8, 4) is 17.0 Å². The molecule has 2 aromatic rings. The summed E-state index contributed by atoms with van der Waals surface area (Å²) < 4.78 is 11.6. The van der Waals surface area contributed by atoms with Gasteiger partial charge in [0.05, 0.1) is 10.2 Å². The first-order valence-electron chi connectivity index (χ1n) is 6.47. The van der Waals surface area contributed by atoms with Crippen LogP contribution in [0.25, 0.3) is 11.3 Å². The monoisotopic (exact) mass is 369 g/mol. The normalized spacial score (nSPS) is 14.1. The Bertz CT molecular complexity index is 644. The van der Waals surface area contributed by atoms with E-state index in [1.807, 2.05) is 26.0 Å². The minimum Gasteiger partial charge on any atom is -0.480 e. The van der Waals surface area contributed by atoms with Gasteiger partial charge in [0, 0.05) is 16.1 Å². The first-order chi connectivity index (χ1) is 9.84. The SMILES string of the molecule is CC(C)C([SiH3])(Oc1ccc(Br)cc1-c1ccon1)C(=O)O. The number of aliphatic carboxylic acids is 1. The summed E-state index contributed by atoms with van der Waals surface area (Å²) in [4.78, 5) is 11.6. The number of carboxylic acid groups (broad SMARTS) is 1. The summed E-state index contributed by atoms with van der Waals surface area (Å²) in [5, 5.41) is 12.2. The molecule has 5 nitrogen and oxygen atoms in total. The fourth-order valence-electron chi connectivity index (χ4n) is 1.78. The van der Waals surface area contributed by atoms with Gasteiger partial charge in [-0.3, -0.25) is 0 Å². The summed E-state index contributed by atoms with van der Waals surface area (Å²) in [6, 6.07) is 7.09. The van der Waals surface area contributed by atoms with E-state index >= 15 is 0 Å². The number of nitrogens with zero attached hydrogens (tertiary/aromatic N) is 1. The van der Waals surface area contributed by atoms with Crippen molar-refractivity contribution in [1.29, 1.82) is 0 Å². The fraction of sp³-hybridized carbons (Fsp3) is 0.286. The maximum Gasteiger partial charge on any atom is 0.343 e. The molecule has 2 rings (SSSR count). The zero-order chi connectivity index (χ0) is 15.6. The van der Waals surface area contributed by atoms with Gasteiger partial charge in [-0.25, -0.2) is 4.79 Å². The predicted octanol–water partition coefficient (Wildman–Crippen LogP) is 2.29. The third-order valence-electron chi connectivity index (χ3n) is 3.50. The number of carbonyl (C=O) groups is 1. The molecule has 1 aromatic heterocycles. The largest absolute Gasteiger partial charge is 0.480 e. The van der Waals surface area contributed by atoms with E-state index in [4.69, 9.17) is 9.26 Å². The lowest BCUT2D eigenvalue weighted by Gasteiger charge is -2.31. The van der Waals surface area contributed by atoms with Crippen LogP contribution in [0.5, 0.6) is 5.75 Å². The second-order valence-electron chi connectivity index (χ2n) is 5.19. The Labute approximate surface area is 133 Å². The van der Waals surface area contributed by atoms with Gasteiger partial charge < -0.3 is 14.4 Å². The van der Waals surface area contributed by atoms with Gasteiger partial charge in [-0.2, -0.15) is 0 Å². The minimum absolute atomic E-state index is 0.143. The van der Waals surface area contributed by atoms with E-state index in [1.165, 1.54) is 6.26 Å². The molecule has 0 saturated heterocycles. The van der Waals surface area contributed by atoms with E-state index in [1.54, 1.807) is 12.1 Å². The molecule has 1 unspecified atom stereocenters. The first-order valence-corrected chi connectivity index (χ1v) is 8.26. The average molecular weight is 370 g/mol. The molecule has 0 radical (unpaired) electrons. The van der Waals surface area contributed by atoms with Crippen molar-refractivity contribution in [3.05, 3.63) is 35.0 Å². The number of benzene rings is 1. The molecule has 0 fully saturated rings. The van der Waals surface area contributed by atoms with Gasteiger partial charge in [0.2, 0.25) is 0 Å². The molecule has 0 aliphatic carbocycles. The quantitative estimate of drug-likeness (QED) is 0.818. The second-order valence-corrected chi connectivity index (χ2v) is 7.60. The summed E-state index contributed by atoms with van der Waals surface area (Å²) in [6.45, 7) is 3.69. The van der Waals surface area contributed by atoms with E-state index in [9.17, 15) is 9.90 Å². The maximum absolute atomic E-state index is 11.6. The van der Waals surface area contributed by atoms with Gasteiger partial charge in [0.25, 0.3) is 0 Å². The lowest BCUT2D eigenvalue weighted by atomic mass is 10.1. The highest BCUT2D eigenvalue weighted by atomic mass is 79.9. The molecule has 0 amide bonds.